The molecular weight excluding hydrogens is 277 g/mol. The van der Waals surface area contributed by atoms with Crippen molar-refractivity contribution in [1.29, 1.82) is 0 Å². The molecule has 0 spiro atoms. The van der Waals surface area contributed by atoms with E-state index in [0.717, 1.165) is 5.56 Å². The highest BCUT2D eigenvalue weighted by Gasteiger charge is 2.14. The van der Waals surface area contributed by atoms with Crippen LogP contribution >= 0.6 is 23.2 Å². The summed E-state index contributed by atoms with van der Waals surface area (Å²) in [7, 11) is 0. The summed E-state index contributed by atoms with van der Waals surface area (Å²) in [6.45, 7) is 0.287. The lowest BCUT2D eigenvalue weighted by molar-refractivity contribution is 0.0698. The standard InChI is InChI=1S/C11H9Cl2N3O2/c12-7-2-1-6(9(13)3-7)5-16-10(14)8(4-15-16)11(17)18/h1-4H,5,14H2,(H,17,18). The molecule has 0 aliphatic carbocycles. The maximum Gasteiger partial charge on any atom is 0.341 e. The molecule has 0 aliphatic rings. The van der Waals surface area contributed by atoms with Crippen molar-refractivity contribution in [3.8, 4) is 0 Å². The number of anilines is 1. The zero-order valence-electron chi connectivity index (χ0n) is 9.10. The number of nitrogens with zero attached hydrogens (tertiary/aromatic N) is 2. The number of carboxylic acids is 1. The number of halogens is 2. The Morgan fingerprint density at radius 1 is 1.44 bits per heavy atom. The predicted molar refractivity (Wildman–Crippen MR) is 69.2 cm³/mol. The van der Waals surface area contributed by atoms with E-state index in [9.17, 15) is 4.79 Å². The minimum atomic E-state index is -1.11. The first-order valence-electron chi connectivity index (χ1n) is 4.97. The molecule has 0 radical (unpaired) electrons. The molecule has 0 aliphatic heterocycles. The highest BCUT2D eigenvalue weighted by atomic mass is 35.5. The van der Waals surface area contributed by atoms with Gasteiger partial charge in [0.2, 0.25) is 0 Å². The number of carboxylic acid groups (broad SMARTS) is 1. The van der Waals surface area contributed by atoms with Crippen molar-refractivity contribution in [1.82, 2.24) is 9.78 Å². The lowest BCUT2D eigenvalue weighted by atomic mass is 10.2. The van der Waals surface area contributed by atoms with E-state index in [1.165, 1.54) is 10.9 Å². The molecule has 1 aromatic carbocycles. The summed E-state index contributed by atoms with van der Waals surface area (Å²) in [5.41, 5.74) is 6.41. The van der Waals surface area contributed by atoms with Crippen LogP contribution in [0, 0.1) is 0 Å². The molecule has 5 nitrogen and oxygen atoms in total. The van der Waals surface area contributed by atoms with Crippen molar-refractivity contribution in [2.75, 3.05) is 5.73 Å². The van der Waals surface area contributed by atoms with Gasteiger partial charge in [-0.15, -0.1) is 0 Å². The molecule has 0 fully saturated rings. The van der Waals surface area contributed by atoms with Crippen molar-refractivity contribution >= 4 is 35.0 Å². The van der Waals surface area contributed by atoms with Crippen molar-refractivity contribution in [2.24, 2.45) is 0 Å². The Morgan fingerprint density at radius 3 is 2.72 bits per heavy atom. The first-order valence-corrected chi connectivity index (χ1v) is 5.73. The largest absolute Gasteiger partial charge is 0.477 e. The Balaban J connectivity index is 2.32. The molecule has 3 N–H and O–H groups in total. The highest BCUT2D eigenvalue weighted by molar-refractivity contribution is 6.35. The number of aromatic nitrogens is 2. The predicted octanol–water partition coefficient (Wildman–Crippen LogP) is 2.52. The van der Waals surface area contributed by atoms with Gasteiger partial charge in [-0.05, 0) is 17.7 Å². The average Bonchev–Trinajstić information content (AvgIpc) is 2.64. The topological polar surface area (TPSA) is 81.1 Å². The van der Waals surface area contributed by atoms with Gasteiger partial charge in [-0.25, -0.2) is 9.48 Å². The fourth-order valence-electron chi connectivity index (χ4n) is 1.50. The van der Waals surface area contributed by atoms with Crippen LogP contribution in [-0.2, 0) is 6.54 Å². The molecule has 94 valence electrons. The van der Waals surface area contributed by atoms with Gasteiger partial charge >= 0.3 is 5.97 Å². The Morgan fingerprint density at radius 2 is 2.17 bits per heavy atom. The van der Waals surface area contributed by atoms with E-state index in [-0.39, 0.29) is 17.9 Å². The van der Waals surface area contributed by atoms with E-state index in [0.29, 0.717) is 10.0 Å². The molecular formula is C11H9Cl2N3O2. The molecule has 2 rings (SSSR count). The summed E-state index contributed by atoms with van der Waals surface area (Å²) in [5, 5.41) is 13.8. The molecule has 0 saturated heterocycles. The van der Waals surface area contributed by atoms with E-state index < -0.39 is 5.97 Å². The van der Waals surface area contributed by atoms with Crippen LogP contribution in [0.5, 0.6) is 0 Å². The SMILES string of the molecule is Nc1c(C(=O)O)cnn1Cc1ccc(Cl)cc1Cl. The Bertz CT molecular complexity index is 610. The molecule has 0 amide bonds. The van der Waals surface area contributed by atoms with Gasteiger partial charge in [0.05, 0.1) is 12.7 Å². The summed E-state index contributed by atoms with van der Waals surface area (Å²) < 4.78 is 1.37. The molecule has 7 heteroatoms. The van der Waals surface area contributed by atoms with Crippen molar-refractivity contribution in [2.45, 2.75) is 6.54 Å². The van der Waals surface area contributed by atoms with Crippen LogP contribution in [0.3, 0.4) is 0 Å². The van der Waals surface area contributed by atoms with Crippen molar-refractivity contribution < 1.29 is 9.90 Å². The molecule has 0 unspecified atom stereocenters. The maximum atomic E-state index is 10.8. The second-order valence-electron chi connectivity index (χ2n) is 3.64. The van der Waals surface area contributed by atoms with Gasteiger partial charge in [-0.1, -0.05) is 29.3 Å². The van der Waals surface area contributed by atoms with E-state index in [4.69, 9.17) is 34.0 Å². The van der Waals surface area contributed by atoms with E-state index in [1.807, 2.05) is 0 Å². The van der Waals surface area contributed by atoms with Gasteiger partial charge in [0.15, 0.2) is 0 Å². The molecule has 2 aromatic rings. The summed E-state index contributed by atoms with van der Waals surface area (Å²) in [5.74, 6) is -1.02. The number of benzene rings is 1. The number of aromatic carboxylic acids is 1. The summed E-state index contributed by atoms with van der Waals surface area (Å²) in [6.07, 6.45) is 1.21. The van der Waals surface area contributed by atoms with Gasteiger partial charge in [-0.3, -0.25) is 0 Å². The van der Waals surface area contributed by atoms with Crippen LogP contribution in [0.2, 0.25) is 10.0 Å². The van der Waals surface area contributed by atoms with Gasteiger partial charge in [-0.2, -0.15) is 5.10 Å². The van der Waals surface area contributed by atoms with Gasteiger partial charge < -0.3 is 10.8 Å². The Kier molecular flexibility index (Phi) is 3.45. The molecule has 1 aromatic heterocycles. The zero-order chi connectivity index (χ0) is 13.3. The summed E-state index contributed by atoms with van der Waals surface area (Å²) >= 11 is 11.8. The Labute approximate surface area is 113 Å². The van der Waals surface area contributed by atoms with Crippen molar-refractivity contribution in [3.63, 3.8) is 0 Å². The van der Waals surface area contributed by atoms with Crippen LogP contribution in [0.1, 0.15) is 15.9 Å². The van der Waals surface area contributed by atoms with Gasteiger partial charge in [0, 0.05) is 10.0 Å². The number of nitrogen functional groups attached to an aromatic ring is 1. The lowest BCUT2D eigenvalue weighted by Crippen LogP contribution is -2.08. The fourth-order valence-corrected chi connectivity index (χ4v) is 1.97. The fraction of sp³-hybridized carbons (Fsp3) is 0.0909. The number of rotatable bonds is 3. The molecule has 0 bridgehead atoms. The number of hydrogen-bond acceptors (Lipinski definition) is 3. The van der Waals surface area contributed by atoms with E-state index in [1.54, 1.807) is 18.2 Å². The number of hydrogen-bond donors (Lipinski definition) is 2. The highest BCUT2D eigenvalue weighted by Crippen LogP contribution is 2.23. The second kappa shape index (κ2) is 4.88. The van der Waals surface area contributed by atoms with Gasteiger partial charge in [0.1, 0.15) is 11.4 Å². The maximum absolute atomic E-state index is 10.8. The first kappa shape index (κ1) is 12.7. The smallest absolute Gasteiger partial charge is 0.341 e. The third-order valence-electron chi connectivity index (χ3n) is 2.45. The number of nitrogens with two attached hydrogens (primary N) is 1. The molecule has 0 saturated carbocycles. The summed E-state index contributed by atoms with van der Waals surface area (Å²) in [4.78, 5) is 10.8. The molecule has 0 atom stereocenters. The Hall–Kier alpha value is -1.72. The number of carbonyl (C=O) groups is 1. The lowest BCUT2D eigenvalue weighted by Gasteiger charge is -2.07. The van der Waals surface area contributed by atoms with Crippen LogP contribution in [0.15, 0.2) is 24.4 Å². The first-order chi connectivity index (χ1) is 8.49. The van der Waals surface area contributed by atoms with Crippen LogP contribution in [0.4, 0.5) is 5.82 Å². The minimum Gasteiger partial charge on any atom is -0.477 e. The van der Waals surface area contributed by atoms with E-state index >= 15 is 0 Å². The molecule has 18 heavy (non-hydrogen) atoms. The van der Waals surface area contributed by atoms with Crippen LogP contribution < -0.4 is 5.73 Å². The third-order valence-corrected chi connectivity index (χ3v) is 3.03. The normalized spacial score (nSPS) is 10.6. The average molecular weight is 286 g/mol. The second-order valence-corrected chi connectivity index (χ2v) is 4.49. The quantitative estimate of drug-likeness (QED) is 0.908. The zero-order valence-corrected chi connectivity index (χ0v) is 10.6. The van der Waals surface area contributed by atoms with Crippen LogP contribution in [-0.4, -0.2) is 20.9 Å². The third kappa shape index (κ3) is 2.42. The van der Waals surface area contributed by atoms with E-state index in [2.05, 4.69) is 5.10 Å². The van der Waals surface area contributed by atoms with Crippen LogP contribution in [0.25, 0.3) is 0 Å². The molecule has 1 heterocycles. The monoisotopic (exact) mass is 285 g/mol. The summed E-state index contributed by atoms with van der Waals surface area (Å²) in [6, 6.07) is 5.04. The van der Waals surface area contributed by atoms with Crippen molar-refractivity contribution in [3.05, 3.63) is 45.6 Å². The van der Waals surface area contributed by atoms with Gasteiger partial charge in [0.25, 0.3) is 0 Å². The minimum absolute atomic E-state index is 0.0277.